The third-order valence-corrected chi connectivity index (χ3v) is 5.08. The quantitative estimate of drug-likeness (QED) is 0.613. The summed E-state index contributed by atoms with van der Waals surface area (Å²) in [6.45, 7) is 4.06. The molecule has 2 N–H and O–H groups in total. The van der Waals surface area contributed by atoms with Crippen LogP contribution in [0.5, 0.6) is 0 Å². The van der Waals surface area contributed by atoms with E-state index >= 15 is 0 Å². The van der Waals surface area contributed by atoms with Gasteiger partial charge in [0.05, 0.1) is 5.75 Å². The van der Waals surface area contributed by atoms with Crippen LogP contribution in [0.2, 0.25) is 0 Å². The van der Waals surface area contributed by atoms with E-state index in [9.17, 15) is 8.42 Å². The Balaban J connectivity index is 2.50. The van der Waals surface area contributed by atoms with Gasteiger partial charge in [-0.3, -0.25) is 0 Å². The van der Waals surface area contributed by atoms with Crippen molar-refractivity contribution < 1.29 is 13.5 Å². The van der Waals surface area contributed by atoms with Gasteiger partial charge in [-0.15, -0.1) is 0 Å². The van der Waals surface area contributed by atoms with Crippen LogP contribution in [0.3, 0.4) is 0 Å². The summed E-state index contributed by atoms with van der Waals surface area (Å²) in [4.78, 5) is 0. The molecule has 0 radical (unpaired) electrons. The van der Waals surface area contributed by atoms with Crippen molar-refractivity contribution in [3.8, 4) is 0 Å². The minimum atomic E-state index is -3.12. The number of hydrogen-bond acceptors (Lipinski definition) is 4. The molecule has 5 nitrogen and oxygen atoms in total. The molecule has 1 heterocycles. The third kappa shape index (κ3) is 4.54. The van der Waals surface area contributed by atoms with E-state index in [4.69, 9.17) is 5.11 Å². The predicted octanol–water partition coefficient (Wildman–Crippen LogP) is 0.163. The first-order valence-electron chi connectivity index (χ1n) is 6.43. The van der Waals surface area contributed by atoms with Crippen LogP contribution in [0.25, 0.3) is 0 Å². The molecule has 0 spiro atoms. The lowest BCUT2D eigenvalue weighted by atomic mass is 10.1. The van der Waals surface area contributed by atoms with Crippen LogP contribution < -0.4 is 5.32 Å². The summed E-state index contributed by atoms with van der Waals surface area (Å²) in [6.07, 6.45) is 3.33. The molecule has 17 heavy (non-hydrogen) atoms. The van der Waals surface area contributed by atoms with Gasteiger partial charge in [0.2, 0.25) is 10.0 Å². The number of aliphatic hydroxyl groups excluding tert-OH is 1. The maximum atomic E-state index is 12.1. The first kappa shape index (κ1) is 14.9. The number of nitrogens with one attached hydrogen (secondary N) is 1. The molecule has 1 fully saturated rings. The summed E-state index contributed by atoms with van der Waals surface area (Å²) in [6, 6.07) is 0.105. The van der Waals surface area contributed by atoms with Gasteiger partial charge in [0.15, 0.2) is 0 Å². The number of nitrogens with zero attached hydrogens (tertiary/aromatic N) is 1. The Hall–Kier alpha value is -0.170. The van der Waals surface area contributed by atoms with Crippen molar-refractivity contribution in [2.45, 2.75) is 38.6 Å². The number of sulfonamides is 1. The van der Waals surface area contributed by atoms with Gasteiger partial charge < -0.3 is 10.4 Å². The normalized spacial score (nSPS) is 22.1. The van der Waals surface area contributed by atoms with Crippen molar-refractivity contribution >= 4 is 10.0 Å². The standard InChI is InChI=1S/C11H24N2O3S/c1-2-12-7-10-17(15,16)13-8-3-5-11(13)6-4-9-14/h11-12,14H,2-10H2,1H3. The fourth-order valence-electron chi connectivity index (χ4n) is 2.29. The largest absolute Gasteiger partial charge is 0.396 e. The van der Waals surface area contributed by atoms with Crippen LogP contribution in [0.4, 0.5) is 0 Å². The number of aliphatic hydroxyl groups is 1. The molecule has 102 valence electrons. The Morgan fingerprint density at radius 1 is 1.47 bits per heavy atom. The van der Waals surface area contributed by atoms with Crippen molar-refractivity contribution in [3.63, 3.8) is 0 Å². The van der Waals surface area contributed by atoms with E-state index in [-0.39, 0.29) is 18.4 Å². The molecule has 1 rings (SSSR count). The third-order valence-electron chi connectivity index (χ3n) is 3.16. The highest BCUT2D eigenvalue weighted by molar-refractivity contribution is 7.89. The van der Waals surface area contributed by atoms with Crippen molar-refractivity contribution in [1.29, 1.82) is 0 Å². The Kier molecular flexibility index (Phi) is 6.40. The molecule has 1 aliphatic heterocycles. The van der Waals surface area contributed by atoms with Gasteiger partial charge in [-0.25, -0.2) is 8.42 Å². The second-order valence-corrected chi connectivity index (χ2v) is 6.48. The van der Waals surface area contributed by atoms with Gasteiger partial charge in [0.1, 0.15) is 0 Å². The van der Waals surface area contributed by atoms with Crippen LogP contribution in [0.1, 0.15) is 32.6 Å². The molecule has 1 unspecified atom stereocenters. The zero-order chi connectivity index (χ0) is 12.7. The minimum Gasteiger partial charge on any atom is -0.396 e. The second kappa shape index (κ2) is 7.31. The number of hydrogen-bond donors (Lipinski definition) is 2. The highest BCUT2D eigenvalue weighted by atomic mass is 32.2. The molecule has 1 aliphatic rings. The lowest BCUT2D eigenvalue weighted by Gasteiger charge is -2.23. The molecule has 0 saturated carbocycles. The fraction of sp³-hybridized carbons (Fsp3) is 1.00. The second-order valence-electron chi connectivity index (χ2n) is 4.44. The van der Waals surface area contributed by atoms with Gasteiger partial charge >= 0.3 is 0 Å². The van der Waals surface area contributed by atoms with Crippen LogP contribution in [-0.4, -0.2) is 55.9 Å². The van der Waals surface area contributed by atoms with E-state index in [2.05, 4.69) is 5.32 Å². The van der Waals surface area contributed by atoms with Crippen molar-refractivity contribution in [3.05, 3.63) is 0 Å². The average Bonchev–Trinajstić information content (AvgIpc) is 2.75. The smallest absolute Gasteiger partial charge is 0.215 e. The van der Waals surface area contributed by atoms with Crippen molar-refractivity contribution in [1.82, 2.24) is 9.62 Å². The topological polar surface area (TPSA) is 69.6 Å². The minimum absolute atomic E-state index is 0.105. The summed E-state index contributed by atoms with van der Waals surface area (Å²) in [5.74, 6) is 0.177. The van der Waals surface area contributed by atoms with E-state index in [1.165, 1.54) is 0 Å². The van der Waals surface area contributed by atoms with Crippen molar-refractivity contribution in [2.24, 2.45) is 0 Å². The first-order valence-corrected chi connectivity index (χ1v) is 8.04. The molecule has 0 bridgehead atoms. The molecule has 1 saturated heterocycles. The van der Waals surface area contributed by atoms with Gasteiger partial charge in [-0.2, -0.15) is 4.31 Å². The van der Waals surface area contributed by atoms with Crippen LogP contribution in [0, 0.1) is 0 Å². The highest BCUT2D eigenvalue weighted by Gasteiger charge is 2.32. The molecule has 0 aliphatic carbocycles. The maximum Gasteiger partial charge on any atom is 0.215 e. The van der Waals surface area contributed by atoms with Crippen LogP contribution in [-0.2, 0) is 10.0 Å². The summed E-state index contributed by atoms with van der Waals surface area (Å²) in [7, 11) is -3.12. The summed E-state index contributed by atoms with van der Waals surface area (Å²) < 4.78 is 25.8. The van der Waals surface area contributed by atoms with Gasteiger partial charge in [0.25, 0.3) is 0 Å². The van der Waals surface area contributed by atoms with Gasteiger partial charge in [0, 0.05) is 25.7 Å². The lowest BCUT2D eigenvalue weighted by molar-refractivity contribution is 0.264. The maximum absolute atomic E-state index is 12.1. The molecule has 0 aromatic carbocycles. The van der Waals surface area contributed by atoms with Crippen LogP contribution in [0.15, 0.2) is 0 Å². The summed E-state index contributed by atoms with van der Waals surface area (Å²) in [5.41, 5.74) is 0. The average molecular weight is 264 g/mol. The van der Waals surface area contributed by atoms with Crippen LogP contribution >= 0.6 is 0 Å². The predicted molar refractivity (Wildman–Crippen MR) is 68.4 cm³/mol. The SMILES string of the molecule is CCNCCS(=O)(=O)N1CCCC1CCCO. The van der Waals surface area contributed by atoms with E-state index < -0.39 is 10.0 Å². The Morgan fingerprint density at radius 2 is 2.24 bits per heavy atom. The van der Waals surface area contributed by atoms with E-state index in [1.54, 1.807) is 4.31 Å². The Bertz CT molecular complexity index is 306. The summed E-state index contributed by atoms with van der Waals surface area (Å²) >= 11 is 0. The molecular weight excluding hydrogens is 240 g/mol. The fourth-order valence-corrected chi connectivity index (χ4v) is 4.00. The Morgan fingerprint density at radius 3 is 2.88 bits per heavy atom. The van der Waals surface area contributed by atoms with Crippen molar-refractivity contribution in [2.75, 3.05) is 32.0 Å². The Labute approximate surface area is 104 Å². The monoisotopic (exact) mass is 264 g/mol. The lowest BCUT2D eigenvalue weighted by Crippen LogP contribution is -2.39. The molecule has 0 aromatic rings. The molecule has 0 amide bonds. The first-order chi connectivity index (χ1) is 8.11. The molecule has 1 atom stereocenters. The zero-order valence-electron chi connectivity index (χ0n) is 10.6. The van der Waals surface area contributed by atoms with E-state index in [0.29, 0.717) is 19.5 Å². The molecule has 0 aromatic heterocycles. The molecular formula is C11H24N2O3S. The highest BCUT2D eigenvalue weighted by Crippen LogP contribution is 2.24. The zero-order valence-corrected chi connectivity index (χ0v) is 11.4. The van der Waals surface area contributed by atoms with E-state index in [1.807, 2.05) is 6.92 Å². The van der Waals surface area contributed by atoms with Gasteiger partial charge in [-0.05, 0) is 32.2 Å². The summed E-state index contributed by atoms with van der Waals surface area (Å²) in [5, 5.41) is 11.9. The van der Waals surface area contributed by atoms with E-state index in [0.717, 1.165) is 25.8 Å². The molecule has 6 heteroatoms. The number of rotatable bonds is 8. The van der Waals surface area contributed by atoms with Gasteiger partial charge in [-0.1, -0.05) is 6.92 Å².